The first-order valence-corrected chi connectivity index (χ1v) is 6.94. The minimum absolute atomic E-state index is 0. The fourth-order valence-corrected chi connectivity index (χ4v) is 2.45. The Morgan fingerprint density at radius 1 is 1.55 bits per heavy atom. The predicted octanol–water partition coefficient (Wildman–Crippen LogP) is 2.30. The zero-order valence-electron chi connectivity index (χ0n) is 11.8. The largest absolute Gasteiger partial charge is 0.325 e. The number of nitrogens with one attached hydrogen (secondary N) is 2. The highest BCUT2D eigenvalue weighted by Gasteiger charge is 2.18. The number of carbonyl (C=O) groups excluding carboxylic acids is 1. The molecule has 0 bridgehead atoms. The van der Waals surface area contributed by atoms with Crippen molar-refractivity contribution in [1.29, 1.82) is 0 Å². The van der Waals surface area contributed by atoms with Crippen LogP contribution in [-0.4, -0.2) is 43.0 Å². The lowest BCUT2D eigenvalue weighted by atomic mass is 10.2. The average molecular weight is 318 g/mol. The molecule has 2 rings (SSSR count). The number of halogens is 2. The normalized spacial score (nSPS) is 19.2. The Hall–Kier alpha value is -0.810. The molecule has 1 aliphatic heterocycles. The standard InChI is InChI=1S/C14H20ClN3O.ClH/c1-10-3-4-12(15)7-13(10)17-14(19)9-18-6-5-16-11(2)8-18;/h3-4,7,11,16H,5-6,8-9H2,1-2H3,(H,17,19);1H. The smallest absolute Gasteiger partial charge is 0.238 e. The molecule has 1 atom stereocenters. The van der Waals surface area contributed by atoms with E-state index in [0.29, 0.717) is 17.6 Å². The monoisotopic (exact) mass is 317 g/mol. The second kappa shape index (κ2) is 7.84. The molecule has 6 heteroatoms. The van der Waals surface area contributed by atoms with Crippen molar-refractivity contribution in [3.63, 3.8) is 0 Å². The molecule has 1 fully saturated rings. The third-order valence-electron chi connectivity index (χ3n) is 3.29. The number of hydrogen-bond acceptors (Lipinski definition) is 3. The number of benzene rings is 1. The molecule has 0 aliphatic carbocycles. The fraction of sp³-hybridized carbons (Fsp3) is 0.500. The van der Waals surface area contributed by atoms with E-state index in [1.807, 2.05) is 19.1 Å². The van der Waals surface area contributed by atoms with Gasteiger partial charge in [-0.2, -0.15) is 0 Å². The number of piperazine rings is 1. The van der Waals surface area contributed by atoms with Crippen molar-refractivity contribution in [3.05, 3.63) is 28.8 Å². The first-order valence-electron chi connectivity index (χ1n) is 6.56. The highest BCUT2D eigenvalue weighted by atomic mass is 35.5. The molecule has 112 valence electrons. The van der Waals surface area contributed by atoms with Crippen molar-refractivity contribution in [2.75, 3.05) is 31.5 Å². The van der Waals surface area contributed by atoms with E-state index in [4.69, 9.17) is 11.6 Å². The van der Waals surface area contributed by atoms with Gasteiger partial charge in [0.25, 0.3) is 0 Å². The van der Waals surface area contributed by atoms with E-state index in [2.05, 4.69) is 22.5 Å². The van der Waals surface area contributed by atoms with Crippen LogP contribution in [0.4, 0.5) is 5.69 Å². The van der Waals surface area contributed by atoms with Gasteiger partial charge in [0.05, 0.1) is 6.54 Å². The molecule has 20 heavy (non-hydrogen) atoms. The van der Waals surface area contributed by atoms with E-state index in [9.17, 15) is 4.79 Å². The van der Waals surface area contributed by atoms with Gasteiger partial charge in [-0.1, -0.05) is 17.7 Å². The van der Waals surface area contributed by atoms with Crippen LogP contribution in [0.1, 0.15) is 12.5 Å². The quantitative estimate of drug-likeness (QED) is 0.899. The Bertz CT molecular complexity index is 468. The van der Waals surface area contributed by atoms with Crippen LogP contribution in [0.15, 0.2) is 18.2 Å². The highest BCUT2D eigenvalue weighted by molar-refractivity contribution is 6.31. The van der Waals surface area contributed by atoms with Gasteiger partial charge in [-0.15, -0.1) is 12.4 Å². The summed E-state index contributed by atoms with van der Waals surface area (Å²) in [4.78, 5) is 14.2. The Kier molecular flexibility index (Phi) is 6.76. The molecule has 0 radical (unpaired) electrons. The minimum Gasteiger partial charge on any atom is -0.325 e. The van der Waals surface area contributed by atoms with Gasteiger partial charge in [-0.05, 0) is 31.5 Å². The van der Waals surface area contributed by atoms with E-state index in [0.717, 1.165) is 30.9 Å². The van der Waals surface area contributed by atoms with Crippen LogP contribution < -0.4 is 10.6 Å². The average Bonchev–Trinajstić information content (AvgIpc) is 2.34. The van der Waals surface area contributed by atoms with Crippen LogP contribution in [0.5, 0.6) is 0 Å². The summed E-state index contributed by atoms with van der Waals surface area (Å²) in [6.45, 7) is 7.26. The SMILES string of the molecule is Cc1ccc(Cl)cc1NC(=O)CN1CCNC(C)C1.Cl. The van der Waals surface area contributed by atoms with Crippen LogP contribution in [0.25, 0.3) is 0 Å². The predicted molar refractivity (Wildman–Crippen MR) is 86.0 cm³/mol. The van der Waals surface area contributed by atoms with Gasteiger partial charge in [0.1, 0.15) is 0 Å². The number of hydrogen-bond donors (Lipinski definition) is 2. The van der Waals surface area contributed by atoms with Crippen LogP contribution in [-0.2, 0) is 4.79 Å². The summed E-state index contributed by atoms with van der Waals surface area (Å²) in [5.74, 6) is 0.0134. The van der Waals surface area contributed by atoms with Crippen LogP contribution in [0.2, 0.25) is 5.02 Å². The van der Waals surface area contributed by atoms with Gasteiger partial charge in [-0.3, -0.25) is 9.69 Å². The summed E-state index contributed by atoms with van der Waals surface area (Å²) in [6, 6.07) is 5.96. The lowest BCUT2D eigenvalue weighted by Gasteiger charge is -2.31. The molecule has 2 N–H and O–H groups in total. The zero-order valence-corrected chi connectivity index (χ0v) is 13.4. The van der Waals surface area contributed by atoms with Gasteiger partial charge in [0.2, 0.25) is 5.91 Å². The number of carbonyl (C=O) groups is 1. The van der Waals surface area contributed by atoms with Gasteiger partial charge in [0, 0.05) is 36.4 Å². The first-order chi connectivity index (χ1) is 9.04. The fourth-order valence-electron chi connectivity index (χ4n) is 2.28. The van der Waals surface area contributed by atoms with Gasteiger partial charge < -0.3 is 10.6 Å². The van der Waals surface area contributed by atoms with E-state index >= 15 is 0 Å². The molecule has 1 heterocycles. The van der Waals surface area contributed by atoms with Crippen molar-refractivity contribution in [2.45, 2.75) is 19.9 Å². The lowest BCUT2D eigenvalue weighted by Crippen LogP contribution is -2.51. The molecule has 4 nitrogen and oxygen atoms in total. The molecular weight excluding hydrogens is 297 g/mol. The van der Waals surface area contributed by atoms with Crippen molar-refractivity contribution in [3.8, 4) is 0 Å². The Labute approximate surface area is 131 Å². The molecule has 1 aliphatic rings. The summed E-state index contributed by atoms with van der Waals surface area (Å²) >= 11 is 5.94. The molecule has 1 aromatic carbocycles. The van der Waals surface area contributed by atoms with E-state index in [1.54, 1.807) is 6.07 Å². The van der Waals surface area contributed by atoms with Gasteiger partial charge in [-0.25, -0.2) is 0 Å². The minimum atomic E-state index is 0. The molecule has 0 spiro atoms. The Morgan fingerprint density at radius 2 is 2.30 bits per heavy atom. The maximum atomic E-state index is 12.0. The molecule has 0 aromatic heterocycles. The topological polar surface area (TPSA) is 44.4 Å². The number of anilines is 1. The summed E-state index contributed by atoms with van der Waals surface area (Å²) < 4.78 is 0. The van der Waals surface area contributed by atoms with Crippen LogP contribution >= 0.6 is 24.0 Å². The van der Waals surface area contributed by atoms with Crippen LogP contribution in [0, 0.1) is 6.92 Å². The number of amides is 1. The molecular formula is C14H21Cl2N3O. The number of aryl methyl sites for hydroxylation is 1. The van der Waals surface area contributed by atoms with Crippen LogP contribution in [0.3, 0.4) is 0 Å². The summed E-state index contributed by atoms with van der Waals surface area (Å²) in [5.41, 5.74) is 1.81. The maximum Gasteiger partial charge on any atom is 0.238 e. The number of rotatable bonds is 3. The highest BCUT2D eigenvalue weighted by Crippen LogP contribution is 2.20. The van der Waals surface area contributed by atoms with Crippen molar-refractivity contribution in [2.24, 2.45) is 0 Å². The third kappa shape index (κ3) is 4.94. The molecule has 0 saturated carbocycles. The van der Waals surface area contributed by atoms with E-state index in [-0.39, 0.29) is 18.3 Å². The van der Waals surface area contributed by atoms with Crippen molar-refractivity contribution >= 4 is 35.6 Å². The number of nitrogens with zero attached hydrogens (tertiary/aromatic N) is 1. The molecule has 1 unspecified atom stereocenters. The molecule has 1 amide bonds. The summed E-state index contributed by atoms with van der Waals surface area (Å²) in [5, 5.41) is 6.92. The lowest BCUT2D eigenvalue weighted by molar-refractivity contribution is -0.117. The van der Waals surface area contributed by atoms with E-state index in [1.165, 1.54) is 0 Å². The zero-order chi connectivity index (χ0) is 13.8. The third-order valence-corrected chi connectivity index (χ3v) is 3.53. The van der Waals surface area contributed by atoms with E-state index < -0.39 is 0 Å². The molecule has 1 saturated heterocycles. The Balaban J connectivity index is 0.00000200. The first kappa shape index (κ1) is 17.2. The van der Waals surface area contributed by atoms with Crippen molar-refractivity contribution in [1.82, 2.24) is 10.2 Å². The second-order valence-corrected chi connectivity index (χ2v) is 5.53. The van der Waals surface area contributed by atoms with Gasteiger partial charge in [0.15, 0.2) is 0 Å². The Morgan fingerprint density at radius 3 is 3.00 bits per heavy atom. The van der Waals surface area contributed by atoms with Gasteiger partial charge >= 0.3 is 0 Å². The maximum absolute atomic E-state index is 12.0. The summed E-state index contributed by atoms with van der Waals surface area (Å²) in [6.07, 6.45) is 0. The summed E-state index contributed by atoms with van der Waals surface area (Å²) in [7, 11) is 0. The molecule has 1 aromatic rings. The second-order valence-electron chi connectivity index (χ2n) is 5.10. The van der Waals surface area contributed by atoms with Crippen molar-refractivity contribution < 1.29 is 4.79 Å².